The summed E-state index contributed by atoms with van der Waals surface area (Å²) < 4.78 is 1.62. The largest absolute Gasteiger partial charge is 0.366 e. The average Bonchev–Trinajstić information content (AvgIpc) is 2.46. The summed E-state index contributed by atoms with van der Waals surface area (Å²) in [5.74, 6) is 0.970. The standard InChI is InChI=1S/C9H9ClN4/c1-6-12-9(11)13-14(6)8-5-3-2-4-7(8)10/h2-5H,1H3,(H2,11,13). The topological polar surface area (TPSA) is 56.7 Å². The molecule has 0 radical (unpaired) electrons. The number of aromatic nitrogens is 3. The van der Waals surface area contributed by atoms with Crippen LogP contribution in [0.2, 0.25) is 5.02 Å². The van der Waals surface area contributed by atoms with Crippen molar-refractivity contribution in [1.82, 2.24) is 14.8 Å². The van der Waals surface area contributed by atoms with Gasteiger partial charge in [-0.1, -0.05) is 23.7 Å². The second-order valence-corrected chi connectivity index (χ2v) is 3.29. The van der Waals surface area contributed by atoms with E-state index in [1.807, 2.05) is 25.1 Å². The second-order valence-electron chi connectivity index (χ2n) is 2.88. The molecule has 0 aliphatic rings. The molecule has 0 fully saturated rings. The molecule has 72 valence electrons. The maximum absolute atomic E-state index is 6.01. The summed E-state index contributed by atoms with van der Waals surface area (Å²) >= 11 is 6.01. The van der Waals surface area contributed by atoms with Crippen molar-refractivity contribution in [2.75, 3.05) is 5.73 Å². The lowest BCUT2D eigenvalue weighted by Crippen LogP contribution is -2.00. The van der Waals surface area contributed by atoms with Crippen molar-refractivity contribution in [3.63, 3.8) is 0 Å². The van der Waals surface area contributed by atoms with Gasteiger partial charge in [0.2, 0.25) is 5.95 Å². The molecule has 2 aromatic rings. The SMILES string of the molecule is Cc1nc(N)nn1-c1ccccc1Cl. The molecular weight excluding hydrogens is 200 g/mol. The van der Waals surface area contributed by atoms with E-state index >= 15 is 0 Å². The first-order chi connectivity index (χ1) is 6.68. The monoisotopic (exact) mass is 208 g/mol. The molecule has 0 bridgehead atoms. The van der Waals surface area contributed by atoms with E-state index in [0.29, 0.717) is 5.02 Å². The molecule has 14 heavy (non-hydrogen) atoms. The number of benzene rings is 1. The third-order valence-electron chi connectivity index (χ3n) is 1.87. The molecule has 0 saturated carbocycles. The smallest absolute Gasteiger partial charge is 0.240 e. The van der Waals surface area contributed by atoms with Crippen LogP contribution in [-0.2, 0) is 0 Å². The lowest BCUT2D eigenvalue weighted by Gasteiger charge is -2.03. The molecule has 1 aromatic heterocycles. The van der Waals surface area contributed by atoms with Gasteiger partial charge < -0.3 is 5.73 Å². The molecule has 0 atom stereocenters. The van der Waals surface area contributed by atoms with Gasteiger partial charge in [-0.2, -0.15) is 4.98 Å². The van der Waals surface area contributed by atoms with Crippen LogP contribution in [0.5, 0.6) is 0 Å². The highest BCUT2D eigenvalue weighted by Gasteiger charge is 2.07. The first-order valence-corrected chi connectivity index (χ1v) is 4.50. The van der Waals surface area contributed by atoms with Crippen LogP contribution in [-0.4, -0.2) is 14.8 Å². The summed E-state index contributed by atoms with van der Waals surface area (Å²) in [5.41, 5.74) is 6.27. The highest BCUT2D eigenvalue weighted by molar-refractivity contribution is 6.32. The number of para-hydroxylation sites is 1. The van der Waals surface area contributed by atoms with Gasteiger partial charge in [0.15, 0.2) is 0 Å². The van der Waals surface area contributed by atoms with E-state index in [1.54, 1.807) is 10.7 Å². The summed E-state index contributed by atoms with van der Waals surface area (Å²) in [6.45, 7) is 1.83. The van der Waals surface area contributed by atoms with Crippen LogP contribution in [0.1, 0.15) is 5.82 Å². The molecule has 5 heteroatoms. The van der Waals surface area contributed by atoms with Crippen molar-refractivity contribution in [1.29, 1.82) is 0 Å². The van der Waals surface area contributed by atoms with E-state index in [-0.39, 0.29) is 5.95 Å². The minimum absolute atomic E-state index is 0.252. The van der Waals surface area contributed by atoms with Crippen molar-refractivity contribution >= 4 is 17.5 Å². The Bertz CT molecular complexity index is 464. The number of aryl methyl sites for hydroxylation is 1. The number of nitrogens with zero attached hydrogens (tertiary/aromatic N) is 3. The Hall–Kier alpha value is -1.55. The second kappa shape index (κ2) is 3.31. The molecule has 2 rings (SSSR count). The van der Waals surface area contributed by atoms with Gasteiger partial charge in [-0.05, 0) is 19.1 Å². The quantitative estimate of drug-likeness (QED) is 0.778. The molecule has 0 saturated heterocycles. The van der Waals surface area contributed by atoms with Gasteiger partial charge in [-0.15, -0.1) is 5.10 Å². The van der Waals surface area contributed by atoms with Crippen LogP contribution in [0.4, 0.5) is 5.95 Å². The van der Waals surface area contributed by atoms with Gasteiger partial charge >= 0.3 is 0 Å². The molecule has 1 aromatic carbocycles. The van der Waals surface area contributed by atoms with Crippen molar-refractivity contribution in [2.45, 2.75) is 6.92 Å². The van der Waals surface area contributed by atoms with E-state index in [9.17, 15) is 0 Å². The zero-order valence-corrected chi connectivity index (χ0v) is 8.36. The number of nitrogens with two attached hydrogens (primary N) is 1. The molecule has 1 heterocycles. The summed E-state index contributed by atoms with van der Waals surface area (Å²) in [4.78, 5) is 4.00. The van der Waals surface area contributed by atoms with Gasteiger partial charge in [-0.25, -0.2) is 4.68 Å². The first-order valence-electron chi connectivity index (χ1n) is 4.12. The Kier molecular flexibility index (Phi) is 2.13. The van der Waals surface area contributed by atoms with Crippen LogP contribution in [0, 0.1) is 6.92 Å². The minimum atomic E-state index is 0.252. The Morgan fingerprint density at radius 3 is 2.64 bits per heavy atom. The van der Waals surface area contributed by atoms with Gasteiger partial charge in [0, 0.05) is 0 Å². The first kappa shape index (κ1) is 9.02. The average molecular weight is 209 g/mol. The van der Waals surface area contributed by atoms with E-state index in [0.717, 1.165) is 11.5 Å². The highest BCUT2D eigenvalue weighted by atomic mass is 35.5. The lowest BCUT2D eigenvalue weighted by molar-refractivity contribution is 0.843. The third-order valence-corrected chi connectivity index (χ3v) is 2.19. The highest BCUT2D eigenvalue weighted by Crippen LogP contribution is 2.20. The van der Waals surface area contributed by atoms with Crippen LogP contribution in [0.3, 0.4) is 0 Å². The van der Waals surface area contributed by atoms with Crippen molar-refractivity contribution in [2.24, 2.45) is 0 Å². The van der Waals surface area contributed by atoms with Crippen LogP contribution in [0.15, 0.2) is 24.3 Å². The Labute approximate surface area is 86.3 Å². The van der Waals surface area contributed by atoms with Gasteiger partial charge in [0.1, 0.15) is 5.82 Å². The molecule has 0 amide bonds. The fourth-order valence-electron chi connectivity index (χ4n) is 1.26. The van der Waals surface area contributed by atoms with Crippen molar-refractivity contribution in [3.05, 3.63) is 35.1 Å². The van der Waals surface area contributed by atoms with E-state index < -0.39 is 0 Å². The summed E-state index contributed by atoms with van der Waals surface area (Å²) in [6.07, 6.45) is 0. The molecule has 2 N–H and O–H groups in total. The maximum atomic E-state index is 6.01. The van der Waals surface area contributed by atoms with Crippen LogP contribution in [0.25, 0.3) is 5.69 Å². The van der Waals surface area contributed by atoms with Crippen molar-refractivity contribution < 1.29 is 0 Å². The number of nitrogen functional groups attached to an aromatic ring is 1. The number of halogens is 1. The summed E-state index contributed by atoms with van der Waals surface area (Å²) in [6, 6.07) is 7.41. The molecular formula is C9H9ClN4. The van der Waals surface area contributed by atoms with E-state index in [1.165, 1.54) is 0 Å². The van der Waals surface area contributed by atoms with Crippen molar-refractivity contribution in [3.8, 4) is 5.69 Å². The Balaban J connectivity index is 2.60. The fourth-order valence-corrected chi connectivity index (χ4v) is 1.48. The molecule has 0 unspecified atom stereocenters. The molecule has 0 aliphatic heterocycles. The zero-order valence-electron chi connectivity index (χ0n) is 7.61. The molecule has 0 spiro atoms. The summed E-state index contributed by atoms with van der Waals surface area (Å²) in [5, 5.41) is 4.67. The van der Waals surface area contributed by atoms with Crippen LogP contribution >= 0.6 is 11.6 Å². The predicted octanol–water partition coefficient (Wildman–Crippen LogP) is 1.81. The number of anilines is 1. The molecule has 4 nitrogen and oxygen atoms in total. The fraction of sp³-hybridized carbons (Fsp3) is 0.111. The summed E-state index contributed by atoms with van der Waals surface area (Å²) in [7, 11) is 0. The van der Waals surface area contributed by atoms with Crippen LogP contribution < -0.4 is 5.73 Å². The van der Waals surface area contributed by atoms with E-state index in [4.69, 9.17) is 17.3 Å². The zero-order chi connectivity index (χ0) is 10.1. The Morgan fingerprint density at radius 2 is 2.07 bits per heavy atom. The lowest BCUT2D eigenvalue weighted by atomic mass is 10.3. The normalized spacial score (nSPS) is 10.4. The maximum Gasteiger partial charge on any atom is 0.240 e. The Morgan fingerprint density at radius 1 is 1.36 bits per heavy atom. The van der Waals surface area contributed by atoms with Gasteiger partial charge in [-0.3, -0.25) is 0 Å². The minimum Gasteiger partial charge on any atom is -0.366 e. The number of hydrogen-bond donors (Lipinski definition) is 1. The van der Waals surface area contributed by atoms with Gasteiger partial charge in [0.25, 0.3) is 0 Å². The number of rotatable bonds is 1. The van der Waals surface area contributed by atoms with Gasteiger partial charge in [0.05, 0.1) is 10.7 Å². The van der Waals surface area contributed by atoms with E-state index in [2.05, 4.69) is 10.1 Å². The predicted molar refractivity (Wildman–Crippen MR) is 55.5 cm³/mol. The molecule has 0 aliphatic carbocycles. The number of hydrogen-bond acceptors (Lipinski definition) is 3. The third kappa shape index (κ3) is 1.44.